The van der Waals surface area contributed by atoms with E-state index < -0.39 is 11.7 Å². The van der Waals surface area contributed by atoms with Crippen LogP contribution in [0.25, 0.3) is 0 Å². The number of alkyl carbamates (subject to hydrolysis) is 1. The summed E-state index contributed by atoms with van der Waals surface area (Å²) in [7, 11) is 3.30. The van der Waals surface area contributed by atoms with Crippen molar-refractivity contribution in [2.75, 3.05) is 86.6 Å². The van der Waals surface area contributed by atoms with Gasteiger partial charge >= 0.3 is 12.1 Å². The molecule has 0 aromatic rings. The van der Waals surface area contributed by atoms with Gasteiger partial charge in [-0.1, -0.05) is 6.08 Å². The number of carbonyl (C=O) groups is 2. The zero-order valence-electron chi connectivity index (χ0n) is 19.6. The highest BCUT2D eigenvalue weighted by Gasteiger charge is 2.15. The quantitative estimate of drug-likeness (QED) is 0.188. The molecule has 0 saturated carbocycles. The maximum absolute atomic E-state index is 11.4. The number of hydrogen-bond acceptors (Lipinski definition) is 9. The van der Waals surface area contributed by atoms with Crippen LogP contribution < -0.4 is 5.32 Å². The summed E-state index contributed by atoms with van der Waals surface area (Å²) in [6, 6.07) is 0. The summed E-state index contributed by atoms with van der Waals surface area (Å²) < 4.78 is 31.3. The van der Waals surface area contributed by atoms with Crippen LogP contribution in [0.3, 0.4) is 0 Å². The maximum atomic E-state index is 11.4. The van der Waals surface area contributed by atoms with E-state index >= 15 is 0 Å². The van der Waals surface area contributed by atoms with Gasteiger partial charge in [-0.2, -0.15) is 0 Å². The third kappa shape index (κ3) is 22.8. The Hall–Kier alpha value is -1.72. The van der Waals surface area contributed by atoms with Crippen molar-refractivity contribution in [1.82, 2.24) is 10.2 Å². The largest absolute Gasteiger partial charge is 0.466 e. The van der Waals surface area contributed by atoms with Crippen molar-refractivity contribution < 1.29 is 38.0 Å². The normalized spacial score (nSPS) is 11.8. The molecule has 0 radical (unpaired) electrons. The molecule has 0 aliphatic carbocycles. The number of likely N-dealkylation sites (N-methyl/N-ethyl adjacent to an activating group) is 1. The molecule has 0 atom stereocenters. The first-order valence-electron chi connectivity index (χ1n) is 10.5. The van der Waals surface area contributed by atoms with Crippen molar-refractivity contribution in [3.8, 4) is 0 Å². The van der Waals surface area contributed by atoms with E-state index in [2.05, 4.69) is 10.1 Å². The van der Waals surface area contributed by atoms with Crippen LogP contribution in [-0.4, -0.2) is 109 Å². The van der Waals surface area contributed by atoms with E-state index in [9.17, 15) is 9.59 Å². The van der Waals surface area contributed by atoms with Crippen molar-refractivity contribution in [2.45, 2.75) is 26.4 Å². The predicted molar refractivity (Wildman–Crippen MR) is 116 cm³/mol. The Bertz CT molecular complexity index is 494. The molecule has 1 amide bonds. The molecule has 0 aromatic carbocycles. The molecule has 0 saturated heterocycles. The van der Waals surface area contributed by atoms with Crippen LogP contribution in [0.1, 0.15) is 20.8 Å². The third-order valence-electron chi connectivity index (χ3n) is 3.52. The van der Waals surface area contributed by atoms with E-state index in [0.29, 0.717) is 65.9 Å². The van der Waals surface area contributed by atoms with Gasteiger partial charge in [-0.3, -0.25) is 0 Å². The van der Waals surface area contributed by atoms with Crippen LogP contribution in [0.5, 0.6) is 0 Å². The maximum Gasteiger partial charge on any atom is 0.407 e. The Kier molecular flexibility index (Phi) is 17.9. The minimum Gasteiger partial charge on any atom is -0.466 e. The van der Waals surface area contributed by atoms with Gasteiger partial charge in [0.15, 0.2) is 0 Å². The SMILES string of the molecule is COC(=O)/C=C/CN(C)CCOCCOCCOCCOCCNC(=O)OC(C)(C)C. The summed E-state index contributed by atoms with van der Waals surface area (Å²) in [6.07, 6.45) is 2.71. The molecule has 0 bridgehead atoms. The minimum absolute atomic E-state index is 0.356. The first-order valence-corrected chi connectivity index (χ1v) is 10.5. The number of rotatable bonds is 18. The fraction of sp³-hybridized carbons (Fsp3) is 0.810. The minimum atomic E-state index is -0.505. The number of nitrogens with zero attached hydrogens (tertiary/aromatic N) is 1. The van der Waals surface area contributed by atoms with Crippen molar-refractivity contribution in [2.24, 2.45) is 0 Å². The highest BCUT2D eigenvalue weighted by atomic mass is 16.6. The fourth-order valence-corrected chi connectivity index (χ4v) is 2.01. The average molecular weight is 449 g/mol. The molecular formula is C21H40N2O8. The topological polar surface area (TPSA) is 105 Å². The van der Waals surface area contributed by atoms with Crippen LogP contribution in [0.4, 0.5) is 4.79 Å². The molecule has 0 aromatic heterocycles. The molecule has 10 nitrogen and oxygen atoms in total. The first-order chi connectivity index (χ1) is 14.7. The predicted octanol–water partition coefficient (Wildman–Crippen LogP) is 1.24. The van der Waals surface area contributed by atoms with E-state index in [0.717, 1.165) is 6.54 Å². The lowest BCUT2D eigenvalue weighted by Crippen LogP contribution is -2.34. The molecule has 0 spiro atoms. The summed E-state index contributed by atoms with van der Waals surface area (Å²) in [4.78, 5) is 24.4. The Morgan fingerprint density at radius 3 is 1.90 bits per heavy atom. The summed E-state index contributed by atoms with van der Waals surface area (Å²) in [5, 5.41) is 2.62. The summed E-state index contributed by atoms with van der Waals surface area (Å²) in [6.45, 7) is 11.1. The van der Waals surface area contributed by atoms with E-state index in [4.69, 9.17) is 23.7 Å². The van der Waals surface area contributed by atoms with E-state index in [1.54, 1.807) is 6.08 Å². The Morgan fingerprint density at radius 2 is 1.39 bits per heavy atom. The number of hydrogen-bond donors (Lipinski definition) is 1. The molecule has 31 heavy (non-hydrogen) atoms. The average Bonchev–Trinajstić information content (AvgIpc) is 2.69. The second kappa shape index (κ2) is 19.0. The smallest absolute Gasteiger partial charge is 0.407 e. The van der Waals surface area contributed by atoms with Crippen LogP contribution >= 0.6 is 0 Å². The molecule has 182 valence electrons. The van der Waals surface area contributed by atoms with Crippen LogP contribution in [0.15, 0.2) is 12.2 Å². The standard InChI is InChI=1S/C21H40N2O8/c1-21(2,3)31-20(25)22-8-11-27-13-15-29-17-18-30-16-14-28-12-10-23(4)9-6-7-19(24)26-5/h6-7H,8-18H2,1-5H3,(H,22,25)/b7-6+. The number of nitrogens with one attached hydrogen (secondary N) is 1. The van der Waals surface area contributed by atoms with Crippen molar-refractivity contribution in [1.29, 1.82) is 0 Å². The lowest BCUT2D eigenvalue weighted by atomic mass is 10.2. The first kappa shape index (κ1) is 29.3. The van der Waals surface area contributed by atoms with Gasteiger partial charge in [0, 0.05) is 25.7 Å². The lowest BCUT2D eigenvalue weighted by Gasteiger charge is -2.19. The van der Waals surface area contributed by atoms with E-state index in [-0.39, 0.29) is 5.97 Å². The Morgan fingerprint density at radius 1 is 0.871 bits per heavy atom. The van der Waals surface area contributed by atoms with Gasteiger partial charge < -0.3 is 38.6 Å². The number of esters is 1. The summed E-state index contributed by atoms with van der Waals surface area (Å²) >= 11 is 0. The molecule has 0 unspecified atom stereocenters. The van der Waals surface area contributed by atoms with E-state index in [1.165, 1.54) is 13.2 Å². The number of ether oxygens (including phenoxy) is 6. The number of carbonyl (C=O) groups excluding carboxylic acids is 2. The van der Waals surface area contributed by atoms with Crippen LogP contribution in [0.2, 0.25) is 0 Å². The molecule has 0 fully saturated rings. The van der Waals surface area contributed by atoms with Crippen LogP contribution in [-0.2, 0) is 33.2 Å². The monoisotopic (exact) mass is 448 g/mol. The van der Waals surface area contributed by atoms with Gasteiger partial charge in [0.05, 0.1) is 60.0 Å². The molecule has 0 rings (SSSR count). The van der Waals surface area contributed by atoms with Gasteiger partial charge in [-0.05, 0) is 27.8 Å². The lowest BCUT2D eigenvalue weighted by molar-refractivity contribution is -0.134. The van der Waals surface area contributed by atoms with Gasteiger partial charge in [0.2, 0.25) is 0 Å². The Labute approximate surface area is 186 Å². The van der Waals surface area contributed by atoms with Crippen molar-refractivity contribution in [3.63, 3.8) is 0 Å². The zero-order chi connectivity index (χ0) is 23.4. The van der Waals surface area contributed by atoms with Crippen molar-refractivity contribution >= 4 is 12.1 Å². The van der Waals surface area contributed by atoms with E-state index in [1.807, 2.05) is 32.7 Å². The van der Waals surface area contributed by atoms with Gasteiger partial charge in [0.1, 0.15) is 5.60 Å². The highest BCUT2D eigenvalue weighted by Crippen LogP contribution is 2.06. The van der Waals surface area contributed by atoms with Gasteiger partial charge in [-0.15, -0.1) is 0 Å². The third-order valence-corrected chi connectivity index (χ3v) is 3.52. The molecule has 1 N–H and O–H groups in total. The molecule has 0 aliphatic rings. The second-order valence-corrected chi connectivity index (χ2v) is 7.57. The van der Waals surface area contributed by atoms with Crippen molar-refractivity contribution in [3.05, 3.63) is 12.2 Å². The molecular weight excluding hydrogens is 408 g/mol. The van der Waals surface area contributed by atoms with Gasteiger partial charge in [-0.25, -0.2) is 9.59 Å². The highest BCUT2D eigenvalue weighted by molar-refractivity contribution is 5.81. The summed E-state index contributed by atoms with van der Waals surface area (Å²) in [5.41, 5.74) is -0.505. The zero-order valence-corrected chi connectivity index (χ0v) is 19.6. The fourth-order valence-electron chi connectivity index (χ4n) is 2.01. The van der Waals surface area contributed by atoms with Gasteiger partial charge in [0.25, 0.3) is 0 Å². The molecule has 10 heteroatoms. The number of methoxy groups -OCH3 is 1. The number of amides is 1. The molecule has 0 aliphatic heterocycles. The van der Waals surface area contributed by atoms with Crippen LogP contribution in [0, 0.1) is 0 Å². The molecule has 0 heterocycles. The summed E-state index contributed by atoms with van der Waals surface area (Å²) in [5.74, 6) is -0.356. The Balaban J connectivity index is 3.29. The second-order valence-electron chi connectivity index (χ2n) is 7.57.